The third-order valence-electron chi connectivity index (χ3n) is 3.54. The number of aromatic amines is 1. The van der Waals surface area contributed by atoms with E-state index >= 15 is 0 Å². The Morgan fingerprint density at radius 3 is 2.72 bits per heavy atom. The summed E-state index contributed by atoms with van der Waals surface area (Å²) in [5.74, 6) is -1.06. The van der Waals surface area contributed by atoms with Crippen LogP contribution in [0.25, 0.3) is 0 Å². The molecule has 0 saturated heterocycles. The van der Waals surface area contributed by atoms with Crippen LogP contribution in [0.4, 0.5) is 0 Å². The summed E-state index contributed by atoms with van der Waals surface area (Å²) >= 11 is 0. The lowest BCUT2D eigenvalue weighted by molar-refractivity contribution is -0.151. The van der Waals surface area contributed by atoms with E-state index in [0.29, 0.717) is 19.4 Å². The molecule has 1 aliphatic carbocycles. The minimum Gasteiger partial charge on any atom is -0.481 e. The molecule has 0 unspecified atom stereocenters. The van der Waals surface area contributed by atoms with E-state index in [1.807, 2.05) is 0 Å². The van der Waals surface area contributed by atoms with Gasteiger partial charge in [-0.15, -0.1) is 0 Å². The molecule has 98 valence electrons. The predicted octanol–water partition coefficient (Wildman–Crippen LogP) is 1.06. The minimum atomic E-state index is -0.850. The van der Waals surface area contributed by atoms with E-state index in [1.54, 1.807) is 6.20 Å². The molecule has 1 saturated carbocycles. The van der Waals surface area contributed by atoms with Crippen molar-refractivity contribution in [2.75, 3.05) is 0 Å². The molecule has 0 radical (unpaired) electrons. The van der Waals surface area contributed by atoms with Crippen LogP contribution in [0.15, 0.2) is 12.5 Å². The largest absolute Gasteiger partial charge is 0.481 e. The number of imidazole rings is 1. The number of H-pyrrole nitrogens is 1. The first-order valence-electron chi connectivity index (χ1n) is 6.10. The Morgan fingerprint density at radius 2 is 2.17 bits per heavy atom. The summed E-state index contributed by atoms with van der Waals surface area (Å²) in [6.45, 7) is 0.356. The molecule has 6 nitrogen and oxygen atoms in total. The van der Waals surface area contributed by atoms with Crippen molar-refractivity contribution in [3.63, 3.8) is 0 Å². The highest BCUT2D eigenvalue weighted by Crippen LogP contribution is 2.41. The fourth-order valence-corrected chi connectivity index (χ4v) is 2.46. The van der Waals surface area contributed by atoms with Gasteiger partial charge in [0.2, 0.25) is 5.91 Å². The molecule has 0 aliphatic heterocycles. The Labute approximate surface area is 105 Å². The van der Waals surface area contributed by atoms with Crippen LogP contribution >= 0.6 is 0 Å². The molecule has 0 atom stereocenters. The Hall–Kier alpha value is -1.85. The molecule has 0 spiro atoms. The predicted molar refractivity (Wildman–Crippen MR) is 63.6 cm³/mol. The van der Waals surface area contributed by atoms with Gasteiger partial charge in [0.05, 0.1) is 24.0 Å². The SMILES string of the molecule is O=C(CC1(C(=O)O)CCCC1)NCc1cnc[nH]1. The number of nitrogens with zero attached hydrogens (tertiary/aromatic N) is 1. The van der Waals surface area contributed by atoms with E-state index in [2.05, 4.69) is 15.3 Å². The lowest BCUT2D eigenvalue weighted by atomic mass is 9.82. The summed E-state index contributed by atoms with van der Waals surface area (Å²) in [6, 6.07) is 0. The van der Waals surface area contributed by atoms with Crippen LogP contribution in [-0.2, 0) is 16.1 Å². The second-order valence-electron chi connectivity index (χ2n) is 4.82. The molecule has 1 aliphatic rings. The maximum absolute atomic E-state index is 11.8. The van der Waals surface area contributed by atoms with E-state index in [4.69, 9.17) is 0 Å². The van der Waals surface area contributed by atoms with Crippen molar-refractivity contribution < 1.29 is 14.7 Å². The van der Waals surface area contributed by atoms with Gasteiger partial charge in [0.15, 0.2) is 0 Å². The smallest absolute Gasteiger partial charge is 0.310 e. The lowest BCUT2D eigenvalue weighted by Gasteiger charge is -2.22. The van der Waals surface area contributed by atoms with Gasteiger partial charge >= 0.3 is 5.97 Å². The molecule has 1 fully saturated rings. The highest BCUT2D eigenvalue weighted by Gasteiger charge is 2.42. The van der Waals surface area contributed by atoms with Gasteiger partial charge in [-0.2, -0.15) is 0 Å². The monoisotopic (exact) mass is 251 g/mol. The molecule has 2 rings (SSSR count). The fourth-order valence-electron chi connectivity index (χ4n) is 2.46. The van der Waals surface area contributed by atoms with Crippen molar-refractivity contribution >= 4 is 11.9 Å². The van der Waals surface area contributed by atoms with Gasteiger partial charge in [-0.05, 0) is 12.8 Å². The zero-order valence-electron chi connectivity index (χ0n) is 10.1. The molecule has 1 aromatic rings. The molecule has 1 amide bonds. The number of carboxylic acid groups (broad SMARTS) is 1. The Bertz CT molecular complexity index is 422. The number of hydrogen-bond donors (Lipinski definition) is 3. The van der Waals surface area contributed by atoms with Crippen LogP contribution in [0.3, 0.4) is 0 Å². The molecule has 6 heteroatoms. The molecule has 3 N–H and O–H groups in total. The molecule has 1 aromatic heterocycles. The van der Waals surface area contributed by atoms with Gasteiger partial charge in [0.1, 0.15) is 0 Å². The summed E-state index contributed by atoms with van der Waals surface area (Å²) in [5.41, 5.74) is -0.0444. The number of aromatic nitrogens is 2. The maximum Gasteiger partial charge on any atom is 0.310 e. The molecular formula is C12H17N3O3. The number of carboxylic acids is 1. The number of aliphatic carboxylic acids is 1. The van der Waals surface area contributed by atoms with E-state index < -0.39 is 11.4 Å². The summed E-state index contributed by atoms with van der Waals surface area (Å²) in [6.07, 6.45) is 6.20. The molecule has 0 aromatic carbocycles. The second-order valence-corrected chi connectivity index (χ2v) is 4.82. The highest BCUT2D eigenvalue weighted by atomic mass is 16.4. The summed E-state index contributed by atoms with van der Waals surface area (Å²) in [4.78, 5) is 29.8. The van der Waals surface area contributed by atoms with Crippen LogP contribution in [-0.4, -0.2) is 27.0 Å². The van der Waals surface area contributed by atoms with Crippen molar-refractivity contribution in [2.45, 2.75) is 38.6 Å². The van der Waals surface area contributed by atoms with Crippen LogP contribution in [0.1, 0.15) is 37.8 Å². The quantitative estimate of drug-likeness (QED) is 0.729. The number of hydrogen-bond acceptors (Lipinski definition) is 3. The number of nitrogens with one attached hydrogen (secondary N) is 2. The average molecular weight is 251 g/mol. The Kier molecular flexibility index (Phi) is 3.64. The first kappa shape index (κ1) is 12.6. The Morgan fingerprint density at radius 1 is 1.44 bits per heavy atom. The fraction of sp³-hybridized carbons (Fsp3) is 0.583. The van der Waals surface area contributed by atoms with E-state index in [-0.39, 0.29) is 12.3 Å². The van der Waals surface area contributed by atoms with Gasteiger partial charge in [-0.3, -0.25) is 9.59 Å². The lowest BCUT2D eigenvalue weighted by Crippen LogP contribution is -2.35. The zero-order valence-corrected chi connectivity index (χ0v) is 10.1. The van der Waals surface area contributed by atoms with Crippen molar-refractivity contribution in [1.29, 1.82) is 0 Å². The summed E-state index contributed by atoms with van der Waals surface area (Å²) in [7, 11) is 0. The van der Waals surface area contributed by atoms with Crippen LogP contribution < -0.4 is 5.32 Å². The van der Waals surface area contributed by atoms with Crippen LogP contribution in [0.5, 0.6) is 0 Å². The molecular weight excluding hydrogens is 234 g/mol. The van der Waals surface area contributed by atoms with Gasteiger partial charge in [0.25, 0.3) is 0 Å². The van der Waals surface area contributed by atoms with Gasteiger partial charge in [0, 0.05) is 12.6 Å². The van der Waals surface area contributed by atoms with Crippen molar-refractivity contribution in [3.8, 4) is 0 Å². The normalized spacial score (nSPS) is 17.6. The van der Waals surface area contributed by atoms with E-state index in [0.717, 1.165) is 18.5 Å². The minimum absolute atomic E-state index is 0.0659. The maximum atomic E-state index is 11.8. The summed E-state index contributed by atoms with van der Waals surface area (Å²) in [5, 5.41) is 12.0. The first-order chi connectivity index (χ1) is 8.62. The number of carbonyl (C=O) groups excluding carboxylic acids is 1. The average Bonchev–Trinajstić information content (AvgIpc) is 2.97. The standard InChI is InChI=1S/C12H17N3O3/c16-10(14-7-9-6-13-8-15-9)5-12(11(17)18)3-1-2-4-12/h6,8H,1-5,7H2,(H,13,15)(H,14,16)(H,17,18). The third kappa shape index (κ3) is 2.69. The third-order valence-corrected chi connectivity index (χ3v) is 3.54. The van der Waals surface area contributed by atoms with Gasteiger partial charge < -0.3 is 15.4 Å². The first-order valence-corrected chi connectivity index (χ1v) is 6.10. The van der Waals surface area contributed by atoms with E-state index in [1.165, 1.54) is 6.33 Å². The summed E-state index contributed by atoms with van der Waals surface area (Å²) < 4.78 is 0. The van der Waals surface area contributed by atoms with Gasteiger partial charge in [-0.1, -0.05) is 12.8 Å². The molecule has 1 heterocycles. The topological polar surface area (TPSA) is 95.1 Å². The second kappa shape index (κ2) is 5.20. The highest BCUT2D eigenvalue weighted by molar-refractivity contribution is 5.85. The van der Waals surface area contributed by atoms with Crippen molar-refractivity contribution in [2.24, 2.45) is 5.41 Å². The zero-order chi connectivity index (χ0) is 13.0. The van der Waals surface area contributed by atoms with Crippen molar-refractivity contribution in [1.82, 2.24) is 15.3 Å². The van der Waals surface area contributed by atoms with Crippen LogP contribution in [0.2, 0.25) is 0 Å². The van der Waals surface area contributed by atoms with E-state index in [9.17, 15) is 14.7 Å². The number of carbonyl (C=O) groups is 2. The molecule has 18 heavy (non-hydrogen) atoms. The van der Waals surface area contributed by atoms with Crippen molar-refractivity contribution in [3.05, 3.63) is 18.2 Å². The molecule has 0 bridgehead atoms. The van der Waals surface area contributed by atoms with Crippen LogP contribution in [0, 0.1) is 5.41 Å². The Balaban J connectivity index is 1.88. The van der Waals surface area contributed by atoms with Gasteiger partial charge in [-0.25, -0.2) is 4.98 Å². The number of rotatable bonds is 5. The number of amides is 1.